The number of ether oxygens (including phenoxy) is 2. The monoisotopic (exact) mass is 637 g/mol. The summed E-state index contributed by atoms with van der Waals surface area (Å²) in [5, 5.41) is 14.1. The molecule has 45 heavy (non-hydrogen) atoms. The quantitative estimate of drug-likeness (QED) is 0.267. The van der Waals surface area contributed by atoms with Crippen LogP contribution in [-0.4, -0.2) is 81.2 Å². The second kappa shape index (κ2) is 12.2. The number of carbonyl (C=O) groups excluding carboxylic acids is 1. The summed E-state index contributed by atoms with van der Waals surface area (Å²) in [5.41, 5.74) is -0.782. The number of amides is 1. The molecule has 0 bridgehead atoms. The molecule has 0 radical (unpaired) electrons. The maximum atomic E-state index is 14.3. The van der Waals surface area contributed by atoms with E-state index in [0.717, 1.165) is 12.3 Å². The van der Waals surface area contributed by atoms with Crippen LogP contribution in [0.4, 0.5) is 26.3 Å². The van der Waals surface area contributed by atoms with E-state index in [1.54, 1.807) is 37.3 Å². The van der Waals surface area contributed by atoms with Crippen molar-refractivity contribution in [2.75, 3.05) is 33.4 Å². The summed E-state index contributed by atoms with van der Waals surface area (Å²) >= 11 is 0. The first kappa shape index (κ1) is 32.0. The smallest absolute Gasteiger partial charge is 0.497 e. The number of benzene rings is 2. The molecule has 2 atom stereocenters. The fourth-order valence-corrected chi connectivity index (χ4v) is 5.66. The number of alkyl halides is 6. The van der Waals surface area contributed by atoms with E-state index in [4.69, 9.17) is 4.74 Å². The third-order valence-corrected chi connectivity index (χ3v) is 7.76. The van der Waals surface area contributed by atoms with Crippen molar-refractivity contribution in [3.63, 3.8) is 0 Å². The third kappa shape index (κ3) is 6.54. The van der Waals surface area contributed by atoms with Crippen molar-refractivity contribution < 1.29 is 45.7 Å². The first-order valence-corrected chi connectivity index (χ1v) is 13.8. The van der Waals surface area contributed by atoms with Gasteiger partial charge in [-0.3, -0.25) is 9.69 Å². The summed E-state index contributed by atoms with van der Waals surface area (Å²) in [6, 6.07) is 10.5. The van der Waals surface area contributed by atoms with Crippen LogP contribution in [0.1, 0.15) is 40.1 Å². The van der Waals surface area contributed by atoms with Crippen LogP contribution in [0.25, 0.3) is 16.9 Å². The molecule has 4 aromatic rings. The summed E-state index contributed by atoms with van der Waals surface area (Å²) in [7, 11) is 1.46. The van der Waals surface area contributed by atoms with Gasteiger partial charge in [-0.1, -0.05) is 12.1 Å². The zero-order chi connectivity index (χ0) is 32.7. The number of piperazine rings is 1. The summed E-state index contributed by atoms with van der Waals surface area (Å²) in [6.07, 6.45) is -8.62. The van der Waals surface area contributed by atoms with E-state index in [2.05, 4.69) is 14.8 Å². The fraction of sp³-hybridized carbons (Fsp3) is 0.367. The first-order valence-electron chi connectivity index (χ1n) is 13.8. The Bertz CT molecular complexity index is 1690. The van der Waals surface area contributed by atoms with Gasteiger partial charge in [0.05, 0.1) is 31.6 Å². The van der Waals surface area contributed by atoms with Crippen molar-refractivity contribution in [2.24, 2.45) is 0 Å². The summed E-state index contributed by atoms with van der Waals surface area (Å²) in [5.74, 6) is -0.501. The molecule has 1 N–H and O–H groups in total. The number of aliphatic hydroxyl groups excluding tert-OH is 1. The average Bonchev–Trinajstić information content (AvgIpc) is 3.39. The highest BCUT2D eigenvalue weighted by Gasteiger charge is 2.40. The summed E-state index contributed by atoms with van der Waals surface area (Å²) in [4.78, 5) is 21.6. The maximum Gasteiger partial charge on any atom is 0.573 e. The van der Waals surface area contributed by atoms with E-state index in [-0.39, 0.29) is 42.1 Å². The Balaban J connectivity index is 1.44. The molecule has 1 amide bonds. The molecule has 15 heteroatoms. The van der Waals surface area contributed by atoms with Gasteiger partial charge in [-0.15, -0.1) is 13.2 Å². The minimum atomic E-state index is -4.88. The molecule has 0 spiro atoms. The lowest BCUT2D eigenvalue weighted by molar-refractivity contribution is -0.274. The molecule has 240 valence electrons. The minimum Gasteiger partial charge on any atom is -0.497 e. The number of rotatable bonds is 7. The van der Waals surface area contributed by atoms with Crippen molar-refractivity contribution in [2.45, 2.75) is 38.5 Å². The molecule has 2 aromatic heterocycles. The second-order valence-corrected chi connectivity index (χ2v) is 10.6. The van der Waals surface area contributed by atoms with Crippen molar-refractivity contribution >= 4 is 11.6 Å². The highest BCUT2D eigenvalue weighted by Crippen LogP contribution is 2.37. The number of carbonyl (C=O) groups is 1. The van der Waals surface area contributed by atoms with Gasteiger partial charge < -0.3 is 19.5 Å². The molecule has 0 saturated carbocycles. The lowest BCUT2D eigenvalue weighted by atomic mass is 10.0. The Kier molecular flexibility index (Phi) is 8.68. The SMILES string of the molecule is COc1ccc(-c2nc3c(C(=O)N4CCN([C@@H](CO)c5cccc(OC(F)(F)F)c5)C[C@H]4C)cnn3c(C(F)(F)F)c2C)cc1. The molecule has 1 saturated heterocycles. The van der Waals surface area contributed by atoms with Gasteiger partial charge in [-0.2, -0.15) is 18.3 Å². The van der Waals surface area contributed by atoms with Gasteiger partial charge in [0.1, 0.15) is 17.1 Å². The van der Waals surface area contributed by atoms with E-state index in [9.17, 15) is 36.2 Å². The number of hydrogen-bond acceptors (Lipinski definition) is 7. The normalized spacial score (nSPS) is 17.0. The van der Waals surface area contributed by atoms with E-state index in [1.807, 2.05) is 4.90 Å². The van der Waals surface area contributed by atoms with Gasteiger partial charge in [0.15, 0.2) is 11.3 Å². The third-order valence-electron chi connectivity index (χ3n) is 7.76. The Morgan fingerprint density at radius 3 is 2.38 bits per heavy atom. The zero-order valence-electron chi connectivity index (χ0n) is 24.4. The lowest BCUT2D eigenvalue weighted by Crippen LogP contribution is -2.55. The van der Waals surface area contributed by atoms with E-state index >= 15 is 0 Å². The summed E-state index contributed by atoms with van der Waals surface area (Å²) in [6.45, 7) is 3.18. The molecule has 0 aliphatic carbocycles. The van der Waals surface area contributed by atoms with Crippen LogP contribution in [0.2, 0.25) is 0 Å². The lowest BCUT2D eigenvalue weighted by Gasteiger charge is -2.43. The Labute approximate surface area is 253 Å². The summed E-state index contributed by atoms with van der Waals surface area (Å²) < 4.78 is 91.0. The van der Waals surface area contributed by atoms with Crippen LogP contribution in [-0.2, 0) is 6.18 Å². The van der Waals surface area contributed by atoms with Crippen LogP contribution >= 0.6 is 0 Å². The predicted octanol–water partition coefficient (Wildman–Crippen LogP) is 5.51. The maximum absolute atomic E-state index is 14.3. The molecule has 0 unspecified atom stereocenters. The first-order chi connectivity index (χ1) is 21.2. The van der Waals surface area contributed by atoms with Gasteiger partial charge in [0, 0.05) is 36.8 Å². The van der Waals surface area contributed by atoms with Crippen LogP contribution in [0.5, 0.6) is 11.5 Å². The minimum absolute atomic E-state index is 0.0346. The molecule has 2 aromatic carbocycles. The Morgan fingerprint density at radius 2 is 1.78 bits per heavy atom. The highest BCUT2D eigenvalue weighted by atomic mass is 19.4. The van der Waals surface area contributed by atoms with Crippen molar-refractivity contribution in [1.29, 1.82) is 0 Å². The van der Waals surface area contributed by atoms with Crippen LogP contribution in [0.15, 0.2) is 54.7 Å². The molecule has 1 aliphatic rings. The van der Waals surface area contributed by atoms with Gasteiger partial charge in [-0.25, -0.2) is 9.50 Å². The van der Waals surface area contributed by atoms with Crippen LogP contribution in [0.3, 0.4) is 0 Å². The number of hydrogen-bond donors (Lipinski definition) is 1. The van der Waals surface area contributed by atoms with Crippen LogP contribution in [0, 0.1) is 6.92 Å². The molecule has 1 fully saturated rings. The van der Waals surface area contributed by atoms with Crippen molar-refractivity contribution in [3.05, 3.63) is 77.1 Å². The van der Waals surface area contributed by atoms with Gasteiger partial charge >= 0.3 is 12.5 Å². The molecular weight excluding hydrogens is 608 g/mol. The molecular formula is C30H29F6N5O4. The number of aromatic nitrogens is 3. The second-order valence-electron chi connectivity index (χ2n) is 10.6. The Morgan fingerprint density at radius 1 is 1.07 bits per heavy atom. The molecule has 3 heterocycles. The van der Waals surface area contributed by atoms with E-state index < -0.39 is 48.6 Å². The number of fused-ring (bicyclic) bond motifs is 1. The average molecular weight is 638 g/mol. The predicted molar refractivity (Wildman–Crippen MR) is 150 cm³/mol. The molecule has 5 rings (SSSR count). The number of methoxy groups -OCH3 is 1. The van der Waals surface area contributed by atoms with Crippen molar-refractivity contribution in [1.82, 2.24) is 24.4 Å². The van der Waals surface area contributed by atoms with Crippen LogP contribution < -0.4 is 9.47 Å². The standard InChI is InChI=1S/C30H29F6N5O4/c1-17-15-39(24(16-42)20-5-4-6-22(13-20)45-30(34,35)36)11-12-40(17)28(43)23-14-37-41-26(29(31,32)33)18(2)25(38-27(23)41)19-7-9-21(44-3)10-8-19/h4-10,13-14,17,24,42H,11-12,15-16H2,1-3H3/t17-,24+/m1/s1. The highest BCUT2D eigenvalue weighted by molar-refractivity contribution is 6.00. The number of nitrogens with zero attached hydrogens (tertiary/aromatic N) is 5. The molecule has 1 aliphatic heterocycles. The van der Waals surface area contributed by atoms with Gasteiger partial charge in [-0.05, 0) is 55.8 Å². The van der Waals surface area contributed by atoms with E-state index in [1.165, 1.54) is 31.1 Å². The van der Waals surface area contributed by atoms with Gasteiger partial charge in [0.25, 0.3) is 5.91 Å². The Hall–Kier alpha value is -4.37. The molecule has 9 nitrogen and oxygen atoms in total. The number of aliphatic hydroxyl groups is 1. The van der Waals surface area contributed by atoms with Gasteiger partial charge in [0.2, 0.25) is 0 Å². The zero-order valence-corrected chi connectivity index (χ0v) is 24.4. The topological polar surface area (TPSA) is 92.4 Å². The fourth-order valence-electron chi connectivity index (χ4n) is 5.66. The van der Waals surface area contributed by atoms with Crippen molar-refractivity contribution in [3.8, 4) is 22.8 Å². The van der Waals surface area contributed by atoms with E-state index in [0.29, 0.717) is 21.4 Å². The number of halogens is 6. The largest absolute Gasteiger partial charge is 0.573 e.